The van der Waals surface area contributed by atoms with Crippen molar-refractivity contribution in [1.82, 2.24) is 19.9 Å². The first-order chi connectivity index (χ1) is 8.85. The summed E-state index contributed by atoms with van der Waals surface area (Å²) >= 11 is 0. The van der Waals surface area contributed by atoms with Crippen molar-refractivity contribution in [3.8, 4) is 0 Å². The minimum Gasteiger partial charge on any atom is -0.395 e. The molecule has 6 nitrogen and oxygen atoms in total. The zero-order valence-electron chi connectivity index (χ0n) is 10.6. The van der Waals surface area contributed by atoms with E-state index in [2.05, 4.69) is 19.9 Å². The van der Waals surface area contributed by atoms with Crippen molar-refractivity contribution in [2.24, 2.45) is 0 Å². The minimum atomic E-state index is 0.246. The lowest BCUT2D eigenvalue weighted by molar-refractivity contribution is 0.106. The van der Waals surface area contributed by atoms with Crippen LogP contribution in [0, 0.1) is 0 Å². The van der Waals surface area contributed by atoms with Gasteiger partial charge in [-0.1, -0.05) is 5.16 Å². The average molecular weight is 252 g/mol. The summed E-state index contributed by atoms with van der Waals surface area (Å²) in [7, 11) is 0. The van der Waals surface area contributed by atoms with Crippen LogP contribution in [0.3, 0.4) is 0 Å². The highest BCUT2D eigenvalue weighted by Crippen LogP contribution is 2.38. The van der Waals surface area contributed by atoms with Crippen LogP contribution in [-0.4, -0.2) is 64.4 Å². The van der Waals surface area contributed by atoms with E-state index in [9.17, 15) is 0 Å². The number of aromatic nitrogens is 2. The monoisotopic (exact) mass is 252 g/mol. The van der Waals surface area contributed by atoms with Crippen molar-refractivity contribution in [2.75, 3.05) is 39.3 Å². The van der Waals surface area contributed by atoms with Crippen LogP contribution >= 0.6 is 0 Å². The SMILES string of the molecule is OCCN1CCN(Cc2noc(C3CC3)n2)CC1. The van der Waals surface area contributed by atoms with Gasteiger partial charge in [0.1, 0.15) is 0 Å². The van der Waals surface area contributed by atoms with Gasteiger partial charge in [0.05, 0.1) is 13.2 Å². The van der Waals surface area contributed by atoms with Crippen molar-refractivity contribution in [3.05, 3.63) is 11.7 Å². The van der Waals surface area contributed by atoms with Gasteiger partial charge in [0.2, 0.25) is 5.89 Å². The topological polar surface area (TPSA) is 65.6 Å². The third kappa shape index (κ3) is 2.88. The Morgan fingerprint density at radius 2 is 1.89 bits per heavy atom. The number of nitrogens with zero attached hydrogens (tertiary/aromatic N) is 4. The fourth-order valence-corrected chi connectivity index (χ4v) is 2.34. The second kappa shape index (κ2) is 5.34. The summed E-state index contributed by atoms with van der Waals surface area (Å²) in [5.41, 5.74) is 0. The minimum absolute atomic E-state index is 0.246. The Kier molecular flexibility index (Phi) is 3.58. The Morgan fingerprint density at radius 1 is 1.17 bits per heavy atom. The molecule has 0 unspecified atom stereocenters. The van der Waals surface area contributed by atoms with Gasteiger partial charge in [-0.05, 0) is 12.8 Å². The Hall–Kier alpha value is -0.980. The lowest BCUT2D eigenvalue weighted by Crippen LogP contribution is -2.46. The summed E-state index contributed by atoms with van der Waals surface area (Å²) in [5, 5.41) is 12.9. The summed E-state index contributed by atoms with van der Waals surface area (Å²) in [6.45, 7) is 5.84. The second-order valence-electron chi connectivity index (χ2n) is 5.16. The van der Waals surface area contributed by atoms with Crippen LogP contribution in [0.4, 0.5) is 0 Å². The number of rotatable bonds is 5. The molecule has 100 valence electrons. The molecule has 1 saturated heterocycles. The van der Waals surface area contributed by atoms with Crippen molar-refractivity contribution < 1.29 is 9.63 Å². The molecule has 0 amide bonds. The van der Waals surface area contributed by atoms with Crippen LogP contribution in [0.2, 0.25) is 0 Å². The molecule has 1 saturated carbocycles. The molecule has 0 bridgehead atoms. The molecule has 0 atom stereocenters. The summed E-state index contributed by atoms with van der Waals surface area (Å²) < 4.78 is 5.26. The third-order valence-electron chi connectivity index (χ3n) is 3.66. The maximum atomic E-state index is 8.89. The van der Waals surface area contributed by atoms with Crippen molar-refractivity contribution >= 4 is 0 Å². The van der Waals surface area contributed by atoms with Crippen LogP contribution < -0.4 is 0 Å². The molecule has 2 aliphatic rings. The van der Waals surface area contributed by atoms with Gasteiger partial charge in [-0.2, -0.15) is 4.98 Å². The maximum absolute atomic E-state index is 8.89. The number of piperazine rings is 1. The Morgan fingerprint density at radius 3 is 2.56 bits per heavy atom. The van der Waals surface area contributed by atoms with Crippen LogP contribution in [0.15, 0.2) is 4.52 Å². The summed E-state index contributed by atoms with van der Waals surface area (Å²) in [6, 6.07) is 0. The van der Waals surface area contributed by atoms with E-state index >= 15 is 0 Å². The lowest BCUT2D eigenvalue weighted by atomic mass is 10.3. The van der Waals surface area contributed by atoms with Crippen molar-refractivity contribution in [2.45, 2.75) is 25.3 Å². The summed E-state index contributed by atoms with van der Waals surface area (Å²) in [6.07, 6.45) is 2.39. The number of hydrogen-bond donors (Lipinski definition) is 1. The highest BCUT2D eigenvalue weighted by Gasteiger charge is 2.30. The van der Waals surface area contributed by atoms with Gasteiger partial charge in [0.15, 0.2) is 5.82 Å². The molecular weight excluding hydrogens is 232 g/mol. The molecule has 0 aromatic carbocycles. The molecule has 1 aliphatic heterocycles. The zero-order chi connectivity index (χ0) is 12.4. The van der Waals surface area contributed by atoms with E-state index < -0.39 is 0 Å². The van der Waals surface area contributed by atoms with Crippen LogP contribution in [0.5, 0.6) is 0 Å². The van der Waals surface area contributed by atoms with Gasteiger partial charge in [-0.15, -0.1) is 0 Å². The average Bonchev–Trinajstić information content (AvgIpc) is 3.13. The Labute approximate surface area is 107 Å². The predicted molar refractivity (Wildman–Crippen MR) is 65.1 cm³/mol. The molecule has 1 N–H and O–H groups in total. The van der Waals surface area contributed by atoms with Gasteiger partial charge < -0.3 is 9.63 Å². The van der Waals surface area contributed by atoms with Crippen LogP contribution in [0.1, 0.15) is 30.5 Å². The first-order valence-electron chi connectivity index (χ1n) is 6.73. The van der Waals surface area contributed by atoms with Gasteiger partial charge in [0.25, 0.3) is 0 Å². The molecule has 1 aliphatic carbocycles. The normalized spacial score (nSPS) is 22.5. The van der Waals surface area contributed by atoms with Gasteiger partial charge >= 0.3 is 0 Å². The molecule has 2 heterocycles. The zero-order valence-corrected chi connectivity index (χ0v) is 10.6. The number of β-amino-alcohol motifs (C(OH)–C–C–N with tert-alkyl or cyclic N) is 1. The number of hydrogen-bond acceptors (Lipinski definition) is 6. The molecule has 1 aromatic heterocycles. The summed E-state index contributed by atoms with van der Waals surface area (Å²) in [5.74, 6) is 2.17. The Balaban J connectivity index is 1.47. The molecular formula is C12H20N4O2. The van der Waals surface area contributed by atoms with Gasteiger partial charge in [-0.3, -0.25) is 9.80 Å². The Bertz CT molecular complexity index is 383. The van der Waals surface area contributed by atoms with E-state index in [1.807, 2.05) is 0 Å². The molecule has 18 heavy (non-hydrogen) atoms. The molecule has 0 radical (unpaired) electrons. The fraction of sp³-hybridized carbons (Fsp3) is 0.833. The molecule has 1 aromatic rings. The molecule has 6 heteroatoms. The first kappa shape index (κ1) is 12.1. The van der Waals surface area contributed by atoms with E-state index in [1.54, 1.807) is 0 Å². The largest absolute Gasteiger partial charge is 0.395 e. The second-order valence-corrected chi connectivity index (χ2v) is 5.16. The number of aliphatic hydroxyl groups is 1. The van der Waals surface area contributed by atoms with E-state index in [0.29, 0.717) is 5.92 Å². The third-order valence-corrected chi connectivity index (χ3v) is 3.66. The highest BCUT2D eigenvalue weighted by molar-refractivity contribution is 5.01. The van der Waals surface area contributed by atoms with Gasteiger partial charge in [0, 0.05) is 38.6 Å². The maximum Gasteiger partial charge on any atom is 0.229 e. The molecule has 0 spiro atoms. The quantitative estimate of drug-likeness (QED) is 0.799. The van der Waals surface area contributed by atoms with Gasteiger partial charge in [-0.25, -0.2) is 0 Å². The highest BCUT2D eigenvalue weighted by atomic mass is 16.5. The van der Waals surface area contributed by atoms with E-state index in [-0.39, 0.29) is 6.61 Å². The fourth-order valence-electron chi connectivity index (χ4n) is 2.34. The summed E-state index contributed by atoms with van der Waals surface area (Å²) in [4.78, 5) is 9.07. The van der Waals surface area contributed by atoms with E-state index in [4.69, 9.17) is 9.63 Å². The number of aliphatic hydroxyl groups excluding tert-OH is 1. The predicted octanol–water partition coefficient (Wildman–Crippen LogP) is 0.0569. The van der Waals surface area contributed by atoms with E-state index in [0.717, 1.165) is 51.0 Å². The standard InChI is InChI=1S/C12H20N4O2/c17-8-7-15-3-5-16(6-4-15)9-11-13-12(18-14-11)10-1-2-10/h10,17H,1-9H2. The lowest BCUT2D eigenvalue weighted by Gasteiger charge is -2.33. The van der Waals surface area contributed by atoms with Crippen LogP contribution in [-0.2, 0) is 6.54 Å². The smallest absolute Gasteiger partial charge is 0.229 e. The van der Waals surface area contributed by atoms with Crippen molar-refractivity contribution in [3.63, 3.8) is 0 Å². The molecule has 3 rings (SSSR count). The first-order valence-corrected chi connectivity index (χ1v) is 6.73. The van der Waals surface area contributed by atoms with Crippen LogP contribution in [0.25, 0.3) is 0 Å². The van der Waals surface area contributed by atoms with E-state index in [1.165, 1.54) is 12.8 Å². The van der Waals surface area contributed by atoms with Crippen molar-refractivity contribution in [1.29, 1.82) is 0 Å². The molecule has 2 fully saturated rings.